The van der Waals surface area contributed by atoms with Crippen molar-refractivity contribution in [3.63, 3.8) is 0 Å². The number of carboxylic acids is 1. The molecular weight excluding hydrogens is 224 g/mol. The Bertz CT molecular complexity index is 447. The van der Waals surface area contributed by atoms with E-state index in [9.17, 15) is 13.2 Å². The quantitative estimate of drug-likeness (QED) is 0.741. The molecule has 1 rings (SSSR count). The number of hydrogen-bond acceptors (Lipinski definition) is 4. The minimum absolute atomic E-state index is 0.0885. The molecule has 0 aliphatic heterocycles. The van der Waals surface area contributed by atoms with Crippen molar-refractivity contribution in [2.75, 3.05) is 0 Å². The molecule has 0 radical (unpaired) electrons. The molecule has 0 saturated carbocycles. The fourth-order valence-electron chi connectivity index (χ4n) is 0.886. The zero-order chi connectivity index (χ0) is 11.5. The van der Waals surface area contributed by atoms with Gasteiger partial charge in [0, 0.05) is 0 Å². The van der Waals surface area contributed by atoms with Crippen LogP contribution in [0.1, 0.15) is 15.9 Å². The summed E-state index contributed by atoms with van der Waals surface area (Å²) in [7, 11) is -4.47. The van der Waals surface area contributed by atoms with Crippen LogP contribution in [-0.4, -0.2) is 24.0 Å². The number of aromatic carboxylic acids is 1. The molecule has 0 aliphatic carbocycles. The lowest BCUT2D eigenvalue weighted by Crippen LogP contribution is -2.03. The monoisotopic (exact) mass is 232 g/mol. The number of benzene rings is 1. The van der Waals surface area contributed by atoms with Gasteiger partial charge >= 0.3 is 16.4 Å². The summed E-state index contributed by atoms with van der Waals surface area (Å²) in [4.78, 5) is 10.5. The van der Waals surface area contributed by atoms with Gasteiger partial charge in [0.25, 0.3) is 0 Å². The van der Waals surface area contributed by atoms with Crippen LogP contribution in [0, 0.1) is 0 Å². The SMILES string of the molecule is O=C(O)c1ccc(COS(=O)(=O)O)cc1. The first-order chi connectivity index (χ1) is 6.88. The fourth-order valence-corrected chi connectivity index (χ4v) is 1.17. The molecule has 82 valence electrons. The molecule has 0 amide bonds. The van der Waals surface area contributed by atoms with Gasteiger partial charge < -0.3 is 5.11 Å². The van der Waals surface area contributed by atoms with E-state index in [2.05, 4.69) is 4.18 Å². The Labute approximate surface area is 86.1 Å². The van der Waals surface area contributed by atoms with Gasteiger partial charge in [-0.05, 0) is 17.7 Å². The minimum atomic E-state index is -4.47. The van der Waals surface area contributed by atoms with E-state index in [-0.39, 0.29) is 12.2 Å². The zero-order valence-electron chi connectivity index (χ0n) is 7.45. The van der Waals surface area contributed by atoms with Crippen LogP contribution in [0.4, 0.5) is 0 Å². The van der Waals surface area contributed by atoms with Gasteiger partial charge in [-0.15, -0.1) is 0 Å². The Kier molecular flexibility index (Phi) is 3.40. The zero-order valence-corrected chi connectivity index (χ0v) is 8.27. The Hall–Kier alpha value is -1.44. The van der Waals surface area contributed by atoms with E-state index >= 15 is 0 Å². The molecule has 2 N–H and O–H groups in total. The number of hydrogen-bond donors (Lipinski definition) is 2. The molecule has 7 heteroatoms. The molecule has 0 fully saturated rings. The molecule has 0 unspecified atom stereocenters. The van der Waals surface area contributed by atoms with E-state index in [1.807, 2.05) is 0 Å². The maximum absolute atomic E-state index is 10.5. The lowest BCUT2D eigenvalue weighted by Gasteiger charge is -2.00. The maximum atomic E-state index is 10.5. The molecule has 0 heterocycles. The average molecular weight is 232 g/mol. The molecular formula is C8H8O6S. The van der Waals surface area contributed by atoms with Crippen LogP contribution in [-0.2, 0) is 21.2 Å². The lowest BCUT2D eigenvalue weighted by molar-refractivity contribution is 0.0696. The summed E-state index contributed by atoms with van der Waals surface area (Å²) < 4.78 is 32.8. The van der Waals surface area contributed by atoms with Crippen LogP contribution in [0.15, 0.2) is 24.3 Å². The highest BCUT2D eigenvalue weighted by molar-refractivity contribution is 7.80. The van der Waals surface area contributed by atoms with Crippen LogP contribution in [0.2, 0.25) is 0 Å². The summed E-state index contributed by atoms with van der Waals surface area (Å²) in [6.45, 7) is -0.335. The number of carbonyl (C=O) groups is 1. The van der Waals surface area contributed by atoms with Gasteiger partial charge in [-0.2, -0.15) is 8.42 Å². The third kappa shape index (κ3) is 4.07. The highest BCUT2D eigenvalue weighted by Crippen LogP contribution is 2.06. The second kappa shape index (κ2) is 4.39. The fraction of sp³-hybridized carbons (Fsp3) is 0.125. The van der Waals surface area contributed by atoms with E-state index in [0.717, 1.165) is 0 Å². The number of carboxylic acid groups (broad SMARTS) is 1. The van der Waals surface area contributed by atoms with Crippen LogP contribution >= 0.6 is 0 Å². The van der Waals surface area contributed by atoms with Crippen molar-refractivity contribution in [1.82, 2.24) is 0 Å². The van der Waals surface area contributed by atoms with Crippen molar-refractivity contribution in [2.45, 2.75) is 6.61 Å². The summed E-state index contributed by atoms with van der Waals surface area (Å²) in [5, 5.41) is 8.57. The topological polar surface area (TPSA) is 101 Å². The summed E-state index contributed by atoms with van der Waals surface area (Å²) in [5.74, 6) is -1.07. The van der Waals surface area contributed by atoms with Crippen molar-refractivity contribution in [3.8, 4) is 0 Å². The second-order valence-corrected chi connectivity index (χ2v) is 3.78. The maximum Gasteiger partial charge on any atom is 0.397 e. The van der Waals surface area contributed by atoms with E-state index < -0.39 is 16.4 Å². The Morgan fingerprint density at radius 1 is 1.27 bits per heavy atom. The van der Waals surface area contributed by atoms with Gasteiger partial charge in [0.05, 0.1) is 12.2 Å². The van der Waals surface area contributed by atoms with E-state index in [1.165, 1.54) is 24.3 Å². The molecule has 0 spiro atoms. The predicted octanol–water partition coefficient (Wildman–Crippen LogP) is 0.704. The Morgan fingerprint density at radius 2 is 1.80 bits per heavy atom. The van der Waals surface area contributed by atoms with Gasteiger partial charge in [-0.25, -0.2) is 8.98 Å². The molecule has 1 aromatic rings. The van der Waals surface area contributed by atoms with Crippen LogP contribution in [0.25, 0.3) is 0 Å². The minimum Gasteiger partial charge on any atom is -0.478 e. The lowest BCUT2D eigenvalue weighted by atomic mass is 10.1. The van der Waals surface area contributed by atoms with Crippen molar-refractivity contribution < 1.29 is 27.1 Å². The van der Waals surface area contributed by atoms with Crippen LogP contribution in [0.3, 0.4) is 0 Å². The van der Waals surface area contributed by atoms with Crippen molar-refractivity contribution in [2.24, 2.45) is 0 Å². The van der Waals surface area contributed by atoms with E-state index in [4.69, 9.17) is 9.66 Å². The van der Waals surface area contributed by atoms with Crippen LogP contribution < -0.4 is 0 Å². The second-order valence-electron chi connectivity index (χ2n) is 2.69. The van der Waals surface area contributed by atoms with Crippen molar-refractivity contribution in [1.29, 1.82) is 0 Å². The summed E-state index contributed by atoms with van der Waals surface area (Å²) in [6, 6.07) is 5.42. The van der Waals surface area contributed by atoms with Crippen molar-refractivity contribution in [3.05, 3.63) is 35.4 Å². The van der Waals surface area contributed by atoms with E-state index in [0.29, 0.717) is 5.56 Å². The summed E-state index contributed by atoms with van der Waals surface area (Å²) in [6.07, 6.45) is 0. The van der Waals surface area contributed by atoms with E-state index in [1.54, 1.807) is 0 Å². The first-order valence-electron chi connectivity index (χ1n) is 3.82. The largest absolute Gasteiger partial charge is 0.478 e. The summed E-state index contributed by atoms with van der Waals surface area (Å²) >= 11 is 0. The van der Waals surface area contributed by atoms with Gasteiger partial charge in [0.15, 0.2) is 0 Å². The Balaban J connectivity index is 2.69. The molecule has 0 aromatic heterocycles. The third-order valence-electron chi connectivity index (χ3n) is 1.58. The van der Waals surface area contributed by atoms with Gasteiger partial charge in [-0.3, -0.25) is 4.55 Å². The molecule has 0 atom stereocenters. The first kappa shape index (κ1) is 11.6. The molecule has 6 nitrogen and oxygen atoms in total. The standard InChI is InChI=1S/C8H8O6S/c9-8(10)7-3-1-6(2-4-7)5-14-15(11,12)13/h1-4H,5H2,(H,9,10)(H,11,12,13). The number of rotatable bonds is 4. The highest BCUT2D eigenvalue weighted by atomic mass is 32.3. The van der Waals surface area contributed by atoms with Crippen LogP contribution in [0.5, 0.6) is 0 Å². The van der Waals surface area contributed by atoms with Gasteiger partial charge in [0.2, 0.25) is 0 Å². The molecule has 15 heavy (non-hydrogen) atoms. The third-order valence-corrected chi connectivity index (χ3v) is 1.99. The molecule has 0 bridgehead atoms. The van der Waals surface area contributed by atoms with Gasteiger partial charge in [-0.1, -0.05) is 12.1 Å². The first-order valence-corrected chi connectivity index (χ1v) is 5.19. The van der Waals surface area contributed by atoms with Gasteiger partial charge in [0.1, 0.15) is 0 Å². The highest BCUT2D eigenvalue weighted by Gasteiger charge is 2.06. The molecule has 0 saturated heterocycles. The normalized spacial score (nSPS) is 11.3. The van der Waals surface area contributed by atoms with Crippen molar-refractivity contribution >= 4 is 16.4 Å². The average Bonchev–Trinajstić information content (AvgIpc) is 2.14. The molecule has 0 aliphatic rings. The smallest absolute Gasteiger partial charge is 0.397 e. The predicted molar refractivity (Wildman–Crippen MR) is 49.7 cm³/mol. The Morgan fingerprint density at radius 3 is 2.20 bits per heavy atom. The summed E-state index contributed by atoms with van der Waals surface area (Å²) in [5.41, 5.74) is 0.531. The molecule has 1 aromatic carbocycles.